The number of nitrogens with zero attached hydrogens (tertiary/aromatic N) is 1. The lowest BCUT2D eigenvalue weighted by molar-refractivity contribution is 0.171. The van der Waals surface area contributed by atoms with Crippen LogP contribution >= 0.6 is 0 Å². The van der Waals surface area contributed by atoms with Crippen molar-refractivity contribution in [1.82, 2.24) is 4.98 Å². The number of aromatic nitrogens is 1. The fraction of sp³-hybridized carbons (Fsp3) is 0.118. The van der Waals surface area contributed by atoms with Gasteiger partial charge in [0.15, 0.2) is 11.5 Å². The van der Waals surface area contributed by atoms with E-state index in [1.54, 1.807) is 0 Å². The fourth-order valence-corrected chi connectivity index (χ4v) is 2.43. The van der Waals surface area contributed by atoms with Crippen LogP contribution in [0.5, 0.6) is 11.5 Å². The van der Waals surface area contributed by atoms with Crippen molar-refractivity contribution in [3.63, 3.8) is 0 Å². The molecule has 4 rings (SSSR count). The third kappa shape index (κ3) is 1.88. The van der Waals surface area contributed by atoms with Gasteiger partial charge in [-0.15, -0.1) is 0 Å². The lowest BCUT2D eigenvalue weighted by atomic mass is 10.1. The molecule has 0 N–H and O–H groups in total. The van der Waals surface area contributed by atoms with Crippen LogP contribution in [0.15, 0.2) is 54.6 Å². The Morgan fingerprint density at radius 2 is 1.65 bits per heavy atom. The number of fused-ring (bicyclic) bond motifs is 2. The average Bonchev–Trinajstić information content (AvgIpc) is 2.54. The first kappa shape index (κ1) is 11.3. The molecule has 3 nitrogen and oxygen atoms in total. The van der Waals surface area contributed by atoms with Crippen LogP contribution in [-0.4, -0.2) is 18.2 Å². The summed E-state index contributed by atoms with van der Waals surface area (Å²) in [6.45, 7) is 1.21. The predicted octanol–water partition coefficient (Wildman–Crippen LogP) is 3.67. The van der Waals surface area contributed by atoms with Crippen molar-refractivity contribution in [2.75, 3.05) is 13.2 Å². The summed E-state index contributed by atoms with van der Waals surface area (Å²) < 4.78 is 11.2. The first-order valence-corrected chi connectivity index (χ1v) is 6.66. The van der Waals surface area contributed by atoms with Crippen LogP contribution < -0.4 is 9.47 Å². The Morgan fingerprint density at radius 3 is 2.60 bits per heavy atom. The Morgan fingerprint density at radius 1 is 0.800 bits per heavy atom. The Balaban J connectivity index is 1.82. The topological polar surface area (TPSA) is 31.4 Å². The minimum atomic E-state index is 0.599. The van der Waals surface area contributed by atoms with Gasteiger partial charge in [0.1, 0.15) is 13.2 Å². The molecule has 0 unspecified atom stereocenters. The summed E-state index contributed by atoms with van der Waals surface area (Å²) in [5.74, 6) is 1.60. The molecule has 0 amide bonds. The zero-order chi connectivity index (χ0) is 13.4. The molecule has 0 fully saturated rings. The maximum Gasteiger partial charge on any atom is 0.162 e. The molecule has 0 bridgehead atoms. The third-order valence-corrected chi connectivity index (χ3v) is 3.44. The molecule has 0 saturated carbocycles. The molecule has 3 heteroatoms. The zero-order valence-electron chi connectivity index (χ0n) is 10.9. The van der Waals surface area contributed by atoms with E-state index in [-0.39, 0.29) is 0 Å². The summed E-state index contributed by atoms with van der Waals surface area (Å²) >= 11 is 0. The molecule has 2 heterocycles. The second kappa shape index (κ2) is 4.53. The molecule has 2 aromatic carbocycles. The highest BCUT2D eigenvalue weighted by Gasteiger charge is 2.12. The van der Waals surface area contributed by atoms with Gasteiger partial charge in [-0.25, -0.2) is 4.98 Å². The minimum Gasteiger partial charge on any atom is -0.486 e. The Hall–Kier alpha value is -2.55. The van der Waals surface area contributed by atoms with Crippen molar-refractivity contribution in [2.24, 2.45) is 0 Å². The summed E-state index contributed by atoms with van der Waals surface area (Å²) in [6, 6.07) is 18.2. The standard InChI is InChI=1S/C17H13NO2/c1-2-4-14-12(3-1)5-7-15(18-14)13-6-8-16-17(11-13)20-10-9-19-16/h1-8,11H,9-10H2. The van der Waals surface area contributed by atoms with E-state index in [1.165, 1.54) is 0 Å². The summed E-state index contributed by atoms with van der Waals surface area (Å²) in [4.78, 5) is 4.70. The molecule has 1 aliphatic rings. The molecular formula is C17H13NO2. The van der Waals surface area contributed by atoms with Crippen LogP contribution in [0.25, 0.3) is 22.2 Å². The van der Waals surface area contributed by atoms with Gasteiger partial charge in [0, 0.05) is 10.9 Å². The van der Waals surface area contributed by atoms with Gasteiger partial charge in [0.25, 0.3) is 0 Å². The molecule has 0 radical (unpaired) electrons. The van der Waals surface area contributed by atoms with Gasteiger partial charge in [-0.1, -0.05) is 24.3 Å². The number of ether oxygens (including phenoxy) is 2. The van der Waals surface area contributed by atoms with Gasteiger partial charge < -0.3 is 9.47 Å². The van der Waals surface area contributed by atoms with Gasteiger partial charge in [-0.05, 0) is 30.3 Å². The highest BCUT2D eigenvalue weighted by Crippen LogP contribution is 2.34. The van der Waals surface area contributed by atoms with Crippen molar-refractivity contribution in [2.45, 2.75) is 0 Å². The lowest BCUT2D eigenvalue weighted by Crippen LogP contribution is -2.15. The SMILES string of the molecule is c1ccc2nc(-c3ccc4c(c3)OCCO4)ccc2c1. The van der Waals surface area contributed by atoms with Gasteiger partial charge in [0.2, 0.25) is 0 Å². The molecule has 0 aliphatic carbocycles. The van der Waals surface area contributed by atoms with Crippen LogP contribution in [0.1, 0.15) is 0 Å². The monoisotopic (exact) mass is 263 g/mol. The van der Waals surface area contributed by atoms with Crippen molar-refractivity contribution in [3.05, 3.63) is 54.6 Å². The zero-order valence-corrected chi connectivity index (χ0v) is 10.9. The van der Waals surface area contributed by atoms with Crippen LogP contribution in [0, 0.1) is 0 Å². The molecular weight excluding hydrogens is 250 g/mol. The van der Waals surface area contributed by atoms with Crippen molar-refractivity contribution >= 4 is 10.9 Å². The predicted molar refractivity (Wildman–Crippen MR) is 78.2 cm³/mol. The molecule has 1 aromatic heterocycles. The number of benzene rings is 2. The lowest BCUT2D eigenvalue weighted by Gasteiger charge is -2.18. The van der Waals surface area contributed by atoms with E-state index in [0.717, 1.165) is 33.7 Å². The number of pyridine rings is 1. The summed E-state index contributed by atoms with van der Waals surface area (Å²) in [6.07, 6.45) is 0. The van der Waals surface area contributed by atoms with E-state index in [1.807, 2.05) is 42.5 Å². The van der Waals surface area contributed by atoms with Crippen LogP contribution in [-0.2, 0) is 0 Å². The van der Waals surface area contributed by atoms with E-state index >= 15 is 0 Å². The van der Waals surface area contributed by atoms with Gasteiger partial charge in [-0.2, -0.15) is 0 Å². The summed E-state index contributed by atoms with van der Waals surface area (Å²) in [7, 11) is 0. The number of hydrogen-bond acceptors (Lipinski definition) is 3. The van der Waals surface area contributed by atoms with Crippen molar-refractivity contribution < 1.29 is 9.47 Å². The highest BCUT2D eigenvalue weighted by atomic mass is 16.6. The van der Waals surface area contributed by atoms with Crippen LogP contribution in [0.3, 0.4) is 0 Å². The molecule has 1 aliphatic heterocycles. The van der Waals surface area contributed by atoms with Gasteiger partial charge in [0.05, 0.1) is 11.2 Å². The van der Waals surface area contributed by atoms with Crippen LogP contribution in [0.2, 0.25) is 0 Å². The Labute approximate surface area is 116 Å². The maximum atomic E-state index is 5.62. The van der Waals surface area contributed by atoms with Crippen LogP contribution in [0.4, 0.5) is 0 Å². The molecule has 0 spiro atoms. The highest BCUT2D eigenvalue weighted by molar-refractivity contribution is 5.81. The molecule has 0 saturated heterocycles. The van der Waals surface area contributed by atoms with E-state index in [0.29, 0.717) is 13.2 Å². The quantitative estimate of drug-likeness (QED) is 0.671. The summed E-state index contributed by atoms with van der Waals surface area (Å²) in [5.41, 5.74) is 2.99. The van der Waals surface area contributed by atoms with E-state index in [2.05, 4.69) is 12.1 Å². The summed E-state index contributed by atoms with van der Waals surface area (Å²) in [5, 5.41) is 1.15. The third-order valence-electron chi connectivity index (χ3n) is 3.44. The first-order chi connectivity index (χ1) is 9.90. The first-order valence-electron chi connectivity index (χ1n) is 6.66. The van der Waals surface area contributed by atoms with E-state index in [9.17, 15) is 0 Å². The maximum absolute atomic E-state index is 5.62. The van der Waals surface area contributed by atoms with Gasteiger partial charge >= 0.3 is 0 Å². The molecule has 98 valence electrons. The number of para-hydroxylation sites is 1. The van der Waals surface area contributed by atoms with E-state index in [4.69, 9.17) is 14.5 Å². The Kier molecular flexibility index (Phi) is 2.56. The smallest absolute Gasteiger partial charge is 0.162 e. The Bertz CT molecular complexity index is 783. The molecule has 3 aromatic rings. The fourth-order valence-electron chi connectivity index (χ4n) is 2.43. The molecule has 20 heavy (non-hydrogen) atoms. The second-order valence-corrected chi connectivity index (χ2v) is 4.75. The normalized spacial score (nSPS) is 13.4. The average molecular weight is 263 g/mol. The number of hydrogen-bond donors (Lipinski definition) is 0. The largest absolute Gasteiger partial charge is 0.486 e. The van der Waals surface area contributed by atoms with E-state index < -0.39 is 0 Å². The van der Waals surface area contributed by atoms with Crippen molar-refractivity contribution in [1.29, 1.82) is 0 Å². The second-order valence-electron chi connectivity index (χ2n) is 4.75. The number of rotatable bonds is 1. The van der Waals surface area contributed by atoms with Crippen molar-refractivity contribution in [3.8, 4) is 22.8 Å². The van der Waals surface area contributed by atoms with Gasteiger partial charge in [-0.3, -0.25) is 0 Å². The minimum absolute atomic E-state index is 0.599. The molecule has 0 atom stereocenters.